The van der Waals surface area contributed by atoms with Crippen LogP contribution >= 0.6 is 0 Å². The number of carboxylic acids is 1. The van der Waals surface area contributed by atoms with Crippen molar-refractivity contribution in [3.05, 3.63) is 53.9 Å². The summed E-state index contributed by atoms with van der Waals surface area (Å²) in [5.74, 6) is -1.14. The lowest BCUT2D eigenvalue weighted by Crippen LogP contribution is -2.07. The third kappa shape index (κ3) is 3.05. The maximum atomic E-state index is 12.3. The quantitative estimate of drug-likeness (QED) is 0.935. The Kier molecular flexibility index (Phi) is 3.60. The number of aromatic nitrogens is 1. The van der Waals surface area contributed by atoms with Crippen LogP contribution in [-0.4, -0.2) is 16.1 Å². The highest BCUT2D eigenvalue weighted by molar-refractivity contribution is 5.90. The highest BCUT2D eigenvalue weighted by Gasteiger charge is 2.32. The molecule has 2 aromatic rings. The fraction of sp³-hybridized carbons (Fsp3) is 0.0769. The molecule has 0 saturated carbocycles. The summed E-state index contributed by atoms with van der Waals surface area (Å²) in [7, 11) is 0. The molecule has 0 aliphatic rings. The first-order valence-electron chi connectivity index (χ1n) is 5.41. The molecule has 20 heavy (non-hydrogen) atoms. The van der Waals surface area contributed by atoms with E-state index in [-0.39, 0.29) is 17.1 Å². The van der Waals surface area contributed by atoms with Gasteiger partial charge in [0.25, 0.3) is 0 Å². The molecule has 1 N–H and O–H groups in total. The van der Waals surface area contributed by atoms with Crippen molar-refractivity contribution >= 4 is 5.97 Å². The standard InChI is InChI=1S/C13H8F3NO3/c14-13(15,16)11-6-5-8(7-17-11)20-10-4-2-1-3-9(10)12(18)19/h1-7H,(H,18,19). The predicted molar refractivity (Wildman–Crippen MR) is 62.7 cm³/mol. The fourth-order valence-electron chi connectivity index (χ4n) is 1.47. The Morgan fingerprint density at radius 3 is 2.40 bits per heavy atom. The molecule has 1 heterocycles. The lowest BCUT2D eigenvalue weighted by Gasteiger charge is -2.09. The maximum Gasteiger partial charge on any atom is 0.433 e. The van der Waals surface area contributed by atoms with E-state index in [0.717, 1.165) is 18.3 Å². The highest BCUT2D eigenvalue weighted by atomic mass is 19.4. The van der Waals surface area contributed by atoms with Crippen molar-refractivity contribution in [1.82, 2.24) is 4.98 Å². The number of pyridine rings is 1. The van der Waals surface area contributed by atoms with E-state index in [9.17, 15) is 18.0 Å². The first-order chi connectivity index (χ1) is 9.38. The summed E-state index contributed by atoms with van der Waals surface area (Å²) >= 11 is 0. The number of rotatable bonds is 3. The van der Waals surface area contributed by atoms with Crippen LogP contribution in [0.25, 0.3) is 0 Å². The Bertz CT molecular complexity index is 624. The first kappa shape index (κ1) is 13.9. The Morgan fingerprint density at radius 1 is 1.15 bits per heavy atom. The number of carboxylic acid groups (broad SMARTS) is 1. The number of hydrogen-bond acceptors (Lipinski definition) is 3. The monoisotopic (exact) mass is 283 g/mol. The van der Waals surface area contributed by atoms with E-state index >= 15 is 0 Å². The summed E-state index contributed by atoms with van der Waals surface area (Å²) in [5, 5.41) is 8.95. The van der Waals surface area contributed by atoms with Gasteiger partial charge >= 0.3 is 12.1 Å². The number of alkyl halides is 3. The second kappa shape index (κ2) is 5.20. The molecule has 0 fully saturated rings. The van der Waals surface area contributed by atoms with Gasteiger partial charge in [-0.3, -0.25) is 0 Å². The Morgan fingerprint density at radius 2 is 1.85 bits per heavy atom. The topological polar surface area (TPSA) is 59.4 Å². The number of ether oxygens (including phenoxy) is 1. The van der Waals surface area contributed by atoms with Crippen molar-refractivity contribution in [3.8, 4) is 11.5 Å². The lowest BCUT2D eigenvalue weighted by atomic mass is 10.2. The summed E-state index contributed by atoms with van der Waals surface area (Å²) in [6.45, 7) is 0. The Labute approximate surface area is 111 Å². The first-order valence-corrected chi connectivity index (χ1v) is 5.41. The number of benzene rings is 1. The number of para-hydroxylation sites is 1. The van der Waals surface area contributed by atoms with Crippen LogP contribution in [-0.2, 0) is 6.18 Å². The number of carbonyl (C=O) groups is 1. The van der Waals surface area contributed by atoms with Gasteiger partial charge in [-0.2, -0.15) is 13.2 Å². The van der Waals surface area contributed by atoms with Gasteiger partial charge in [0.2, 0.25) is 0 Å². The van der Waals surface area contributed by atoms with Gasteiger partial charge in [-0.05, 0) is 24.3 Å². The molecule has 1 aromatic carbocycles. The highest BCUT2D eigenvalue weighted by Crippen LogP contribution is 2.30. The lowest BCUT2D eigenvalue weighted by molar-refractivity contribution is -0.141. The molecular formula is C13H8F3NO3. The predicted octanol–water partition coefficient (Wildman–Crippen LogP) is 3.59. The normalized spacial score (nSPS) is 11.2. The second-order valence-corrected chi connectivity index (χ2v) is 3.78. The molecule has 0 aliphatic carbocycles. The summed E-state index contributed by atoms with van der Waals surface area (Å²) in [6.07, 6.45) is -3.64. The third-order valence-electron chi connectivity index (χ3n) is 2.37. The molecule has 4 nitrogen and oxygen atoms in total. The molecule has 0 bridgehead atoms. The molecule has 1 aromatic heterocycles. The van der Waals surface area contributed by atoms with Crippen molar-refractivity contribution < 1.29 is 27.8 Å². The van der Waals surface area contributed by atoms with Crippen molar-refractivity contribution in [2.24, 2.45) is 0 Å². The SMILES string of the molecule is O=C(O)c1ccccc1Oc1ccc(C(F)(F)F)nc1. The van der Waals surface area contributed by atoms with Crippen molar-refractivity contribution in [2.75, 3.05) is 0 Å². The van der Waals surface area contributed by atoms with Gasteiger partial charge in [-0.1, -0.05) is 12.1 Å². The van der Waals surface area contributed by atoms with Crippen LogP contribution in [0.2, 0.25) is 0 Å². The fourth-order valence-corrected chi connectivity index (χ4v) is 1.47. The molecule has 0 spiro atoms. The van der Waals surface area contributed by atoms with Crippen molar-refractivity contribution in [3.63, 3.8) is 0 Å². The zero-order valence-electron chi connectivity index (χ0n) is 9.89. The molecular weight excluding hydrogens is 275 g/mol. The van der Waals surface area contributed by atoms with Crippen LogP contribution in [0.1, 0.15) is 16.1 Å². The average molecular weight is 283 g/mol. The van der Waals surface area contributed by atoms with Gasteiger partial charge in [-0.25, -0.2) is 9.78 Å². The minimum Gasteiger partial charge on any atom is -0.478 e. The molecule has 104 valence electrons. The van der Waals surface area contributed by atoms with Crippen LogP contribution in [0.4, 0.5) is 13.2 Å². The minimum atomic E-state index is -4.53. The van der Waals surface area contributed by atoms with Crippen LogP contribution < -0.4 is 4.74 Å². The molecule has 0 aliphatic heterocycles. The number of hydrogen-bond donors (Lipinski definition) is 1. The molecule has 0 saturated heterocycles. The van der Waals surface area contributed by atoms with Gasteiger partial charge in [0.15, 0.2) is 0 Å². The smallest absolute Gasteiger partial charge is 0.433 e. The van der Waals surface area contributed by atoms with Gasteiger partial charge in [-0.15, -0.1) is 0 Å². The van der Waals surface area contributed by atoms with E-state index in [2.05, 4.69) is 4.98 Å². The Hall–Kier alpha value is -2.57. The third-order valence-corrected chi connectivity index (χ3v) is 2.37. The van der Waals surface area contributed by atoms with Crippen LogP contribution in [0.15, 0.2) is 42.6 Å². The van der Waals surface area contributed by atoms with Crippen LogP contribution in [0.5, 0.6) is 11.5 Å². The summed E-state index contributed by atoms with van der Waals surface area (Å²) in [6, 6.07) is 7.64. The van der Waals surface area contributed by atoms with E-state index < -0.39 is 17.8 Å². The Balaban J connectivity index is 2.25. The van der Waals surface area contributed by atoms with E-state index in [4.69, 9.17) is 9.84 Å². The van der Waals surface area contributed by atoms with E-state index in [0.29, 0.717) is 0 Å². The number of halogens is 3. The summed E-state index contributed by atoms with van der Waals surface area (Å²) in [4.78, 5) is 14.2. The summed E-state index contributed by atoms with van der Waals surface area (Å²) in [5.41, 5.74) is -1.14. The summed E-state index contributed by atoms with van der Waals surface area (Å²) < 4.78 is 42.2. The molecule has 0 radical (unpaired) electrons. The van der Waals surface area contributed by atoms with Crippen LogP contribution in [0, 0.1) is 0 Å². The molecule has 0 amide bonds. The molecule has 7 heteroatoms. The average Bonchev–Trinajstić information content (AvgIpc) is 2.38. The van der Waals surface area contributed by atoms with Gasteiger partial charge in [0.1, 0.15) is 22.8 Å². The molecule has 0 atom stereocenters. The van der Waals surface area contributed by atoms with Crippen molar-refractivity contribution in [1.29, 1.82) is 0 Å². The zero-order chi connectivity index (χ0) is 14.8. The van der Waals surface area contributed by atoms with E-state index in [1.807, 2.05) is 0 Å². The molecule has 2 rings (SSSR count). The van der Waals surface area contributed by atoms with Crippen LogP contribution in [0.3, 0.4) is 0 Å². The zero-order valence-corrected chi connectivity index (χ0v) is 9.89. The maximum absolute atomic E-state index is 12.3. The minimum absolute atomic E-state index is 0.0201. The van der Waals surface area contributed by atoms with Gasteiger partial charge < -0.3 is 9.84 Å². The van der Waals surface area contributed by atoms with Gasteiger partial charge in [0.05, 0.1) is 6.20 Å². The number of nitrogens with zero attached hydrogens (tertiary/aromatic N) is 1. The van der Waals surface area contributed by atoms with E-state index in [1.54, 1.807) is 6.07 Å². The van der Waals surface area contributed by atoms with Crippen molar-refractivity contribution in [2.45, 2.75) is 6.18 Å². The van der Waals surface area contributed by atoms with Gasteiger partial charge in [0, 0.05) is 0 Å². The number of aromatic carboxylic acids is 1. The second-order valence-electron chi connectivity index (χ2n) is 3.78. The van der Waals surface area contributed by atoms with E-state index in [1.165, 1.54) is 18.2 Å². The largest absolute Gasteiger partial charge is 0.478 e. The molecule has 0 unspecified atom stereocenters.